The molecule has 3 heteroatoms. The highest BCUT2D eigenvalue weighted by atomic mass is 16.5. The number of aliphatic hydroxyl groups is 1. The van der Waals surface area contributed by atoms with Crippen LogP contribution in [-0.2, 0) is 16.1 Å². The van der Waals surface area contributed by atoms with E-state index in [2.05, 4.69) is 6.58 Å². The van der Waals surface area contributed by atoms with Gasteiger partial charge in [0.25, 0.3) is 0 Å². The van der Waals surface area contributed by atoms with Gasteiger partial charge in [-0.15, -0.1) is 6.58 Å². The van der Waals surface area contributed by atoms with Crippen LogP contribution in [0.2, 0.25) is 0 Å². The monoisotopic (exact) mass is 250 g/mol. The number of hydrogen-bond donors (Lipinski definition) is 1. The van der Waals surface area contributed by atoms with Crippen LogP contribution in [-0.4, -0.2) is 31.0 Å². The van der Waals surface area contributed by atoms with E-state index in [9.17, 15) is 5.11 Å². The Bertz CT molecular complexity index is 324. The molecule has 100 valence electrons. The molecule has 0 spiro atoms. The van der Waals surface area contributed by atoms with Gasteiger partial charge in [-0.1, -0.05) is 36.4 Å². The average molecular weight is 250 g/mol. The van der Waals surface area contributed by atoms with Crippen molar-refractivity contribution in [2.24, 2.45) is 0 Å². The fourth-order valence-corrected chi connectivity index (χ4v) is 1.66. The standard InChI is InChI=1S/C15H22O3/c1-3-15(17-2)11-14(16)9-10-18-12-13-7-5-4-6-8-13/h3-8,14-16H,1,9-12H2,2H3/t14-,15-/m0/s1. The molecule has 0 aliphatic carbocycles. The third kappa shape index (κ3) is 5.96. The summed E-state index contributed by atoms with van der Waals surface area (Å²) < 4.78 is 10.6. The molecule has 2 atom stereocenters. The molecule has 0 aromatic heterocycles. The van der Waals surface area contributed by atoms with E-state index in [-0.39, 0.29) is 6.10 Å². The second kappa shape index (κ2) is 8.86. The Balaban J connectivity index is 2.12. The minimum absolute atomic E-state index is 0.0888. The number of ether oxygens (including phenoxy) is 2. The summed E-state index contributed by atoms with van der Waals surface area (Å²) in [6.07, 6.45) is 2.38. The summed E-state index contributed by atoms with van der Waals surface area (Å²) in [5, 5.41) is 9.77. The van der Waals surface area contributed by atoms with Crippen molar-refractivity contribution in [1.82, 2.24) is 0 Å². The highest BCUT2D eigenvalue weighted by Crippen LogP contribution is 2.07. The van der Waals surface area contributed by atoms with Gasteiger partial charge in [-0.3, -0.25) is 0 Å². The van der Waals surface area contributed by atoms with Gasteiger partial charge in [0.2, 0.25) is 0 Å². The summed E-state index contributed by atoms with van der Waals surface area (Å²) in [6.45, 7) is 4.78. The number of methoxy groups -OCH3 is 1. The van der Waals surface area contributed by atoms with Gasteiger partial charge in [-0.05, 0) is 12.0 Å². The second-order valence-electron chi connectivity index (χ2n) is 4.23. The normalized spacial score (nSPS) is 14.1. The lowest BCUT2D eigenvalue weighted by atomic mass is 10.1. The molecule has 0 heterocycles. The summed E-state index contributed by atoms with van der Waals surface area (Å²) in [5.74, 6) is 0. The Kier molecular flexibility index (Phi) is 7.34. The SMILES string of the molecule is C=C[C@@H](C[C@@H](O)CCOCc1ccccc1)OC. The molecule has 0 radical (unpaired) electrons. The Labute approximate surface area is 109 Å². The molecule has 1 rings (SSSR count). The van der Waals surface area contributed by atoms with Gasteiger partial charge >= 0.3 is 0 Å². The van der Waals surface area contributed by atoms with Crippen molar-refractivity contribution >= 4 is 0 Å². The van der Waals surface area contributed by atoms with E-state index in [1.165, 1.54) is 0 Å². The largest absolute Gasteiger partial charge is 0.393 e. The van der Waals surface area contributed by atoms with E-state index in [0.29, 0.717) is 26.1 Å². The molecule has 1 aromatic rings. The lowest BCUT2D eigenvalue weighted by Crippen LogP contribution is -2.19. The molecule has 0 fully saturated rings. The van der Waals surface area contributed by atoms with Crippen LogP contribution >= 0.6 is 0 Å². The minimum atomic E-state index is -0.413. The molecule has 0 unspecified atom stereocenters. The molecule has 0 saturated heterocycles. The summed E-state index contributed by atoms with van der Waals surface area (Å²) >= 11 is 0. The smallest absolute Gasteiger partial charge is 0.0774 e. The van der Waals surface area contributed by atoms with Gasteiger partial charge in [0.1, 0.15) is 0 Å². The van der Waals surface area contributed by atoms with Crippen LogP contribution in [0.25, 0.3) is 0 Å². The maximum atomic E-state index is 9.77. The molecule has 0 saturated carbocycles. The summed E-state index contributed by atoms with van der Waals surface area (Å²) in [4.78, 5) is 0. The molecule has 18 heavy (non-hydrogen) atoms. The van der Waals surface area contributed by atoms with Crippen molar-refractivity contribution in [3.8, 4) is 0 Å². The third-order valence-corrected chi connectivity index (χ3v) is 2.78. The van der Waals surface area contributed by atoms with Gasteiger partial charge in [0.15, 0.2) is 0 Å². The lowest BCUT2D eigenvalue weighted by molar-refractivity contribution is 0.0392. The van der Waals surface area contributed by atoms with E-state index >= 15 is 0 Å². The molecule has 0 aliphatic heterocycles. The molecule has 1 aromatic carbocycles. The Morgan fingerprint density at radius 1 is 1.33 bits per heavy atom. The topological polar surface area (TPSA) is 38.7 Å². The Morgan fingerprint density at radius 2 is 2.06 bits per heavy atom. The Hall–Kier alpha value is -1.16. The first-order valence-corrected chi connectivity index (χ1v) is 6.21. The molecule has 3 nitrogen and oxygen atoms in total. The second-order valence-corrected chi connectivity index (χ2v) is 4.23. The van der Waals surface area contributed by atoms with E-state index in [1.54, 1.807) is 13.2 Å². The quantitative estimate of drug-likeness (QED) is 0.540. The fourth-order valence-electron chi connectivity index (χ4n) is 1.66. The van der Waals surface area contributed by atoms with Crippen molar-refractivity contribution in [2.45, 2.75) is 31.7 Å². The molecular weight excluding hydrogens is 228 g/mol. The van der Waals surface area contributed by atoms with Crippen LogP contribution < -0.4 is 0 Å². The van der Waals surface area contributed by atoms with E-state index in [1.807, 2.05) is 30.3 Å². The van der Waals surface area contributed by atoms with E-state index in [0.717, 1.165) is 5.56 Å². The van der Waals surface area contributed by atoms with Gasteiger partial charge in [0, 0.05) is 20.1 Å². The predicted molar refractivity (Wildman–Crippen MR) is 72.3 cm³/mol. The third-order valence-electron chi connectivity index (χ3n) is 2.78. The van der Waals surface area contributed by atoms with Crippen molar-refractivity contribution in [2.75, 3.05) is 13.7 Å². The fraction of sp³-hybridized carbons (Fsp3) is 0.467. The van der Waals surface area contributed by atoms with Crippen LogP contribution in [0.4, 0.5) is 0 Å². The highest BCUT2D eigenvalue weighted by molar-refractivity contribution is 5.13. The number of hydrogen-bond acceptors (Lipinski definition) is 3. The maximum Gasteiger partial charge on any atom is 0.0774 e. The molecule has 1 N–H and O–H groups in total. The average Bonchev–Trinajstić information content (AvgIpc) is 2.42. The van der Waals surface area contributed by atoms with Crippen molar-refractivity contribution in [3.05, 3.63) is 48.6 Å². The summed E-state index contributed by atoms with van der Waals surface area (Å²) in [6, 6.07) is 10.00. The van der Waals surface area contributed by atoms with Crippen molar-refractivity contribution < 1.29 is 14.6 Å². The first-order chi connectivity index (χ1) is 8.76. The molecule has 0 aliphatic rings. The summed E-state index contributed by atoms with van der Waals surface area (Å²) in [5.41, 5.74) is 1.15. The predicted octanol–water partition coefficient (Wildman–Crippen LogP) is 2.55. The van der Waals surface area contributed by atoms with E-state index in [4.69, 9.17) is 9.47 Å². The highest BCUT2D eigenvalue weighted by Gasteiger charge is 2.10. The zero-order valence-electron chi connectivity index (χ0n) is 10.9. The Morgan fingerprint density at radius 3 is 2.67 bits per heavy atom. The minimum Gasteiger partial charge on any atom is -0.393 e. The molecular formula is C15H22O3. The van der Waals surface area contributed by atoms with Gasteiger partial charge in [0.05, 0.1) is 18.8 Å². The zero-order chi connectivity index (χ0) is 13.2. The molecule has 0 amide bonds. The van der Waals surface area contributed by atoms with Gasteiger partial charge < -0.3 is 14.6 Å². The van der Waals surface area contributed by atoms with Gasteiger partial charge in [-0.25, -0.2) is 0 Å². The van der Waals surface area contributed by atoms with Crippen LogP contribution in [0.3, 0.4) is 0 Å². The van der Waals surface area contributed by atoms with Crippen LogP contribution in [0.15, 0.2) is 43.0 Å². The van der Waals surface area contributed by atoms with Crippen molar-refractivity contribution in [1.29, 1.82) is 0 Å². The van der Waals surface area contributed by atoms with Crippen LogP contribution in [0, 0.1) is 0 Å². The van der Waals surface area contributed by atoms with E-state index < -0.39 is 6.10 Å². The van der Waals surface area contributed by atoms with Crippen molar-refractivity contribution in [3.63, 3.8) is 0 Å². The number of aliphatic hydroxyl groups excluding tert-OH is 1. The number of rotatable bonds is 9. The first-order valence-electron chi connectivity index (χ1n) is 6.21. The molecule has 0 bridgehead atoms. The summed E-state index contributed by atoms with van der Waals surface area (Å²) in [7, 11) is 1.62. The first kappa shape index (κ1) is 14.9. The van der Waals surface area contributed by atoms with Crippen LogP contribution in [0.5, 0.6) is 0 Å². The van der Waals surface area contributed by atoms with Gasteiger partial charge in [-0.2, -0.15) is 0 Å². The lowest BCUT2D eigenvalue weighted by Gasteiger charge is -2.15. The number of benzene rings is 1. The zero-order valence-corrected chi connectivity index (χ0v) is 10.9. The van der Waals surface area contributed by atoms with Crippen LogP contribution in [0.1, 0.15) is 18.4 Å². The maximum absolute atomic E-state index is 9.77.